The first kappa shape index (κ1) is 17.3. The minimum absolute atomic E-state index is 0.327. The minimum Gasteiger partial charge on any atom is -0.354 e. The van der Waals surface area contributed by atoms with Crippen LogP contribution in [0, 0.1) is 11.8 Å². The zero-order chi connectivity index (χ0) is 14.3. The number of rotatable bonds is 6. The van der Waals surface area contributed by atoms with Gasteiger partial charge in [0, 0.05) is 25.2 Å². The molecule has 108 valence electrons. The van der Waals surface area contributed by atoms with Crippen molar-refractivity contribution in [3.05, 3.63) is 0 Å². The molecule has 0 aliphatic carbocycles. The molecule has 3 nitrogen and oxygen atoms in total. The molecule has 0 amide bonds. The molecule has 18 heavy (non-hydrogen) atoms. The molecule has 0 aliphatic rings. The van der Waals surface area contributed by atoms with Gasteiger partial charge in [-0.2, -0.15) is 0 Å². The molecule has 0 saturated carbocycles. The summed E-state index contributed by atoms with van der Waals surface area (Å²) in [5.74, 6) is 2.35. The number of hydrogen-bond donors (Lipinski definition) is 1. The first-order valence-corrected chi connectivity index (χ1v) is 7.31. The molecule has 3 heteroatoms. The Morgan fingerprint density at radius 1 is 0.889 bits per heavy atom. The van der Waals surface area contributed by atoms with Gasteiger partial charge in [-0.25, -0.2) is 0 Å². The summed E-state index contributed by atoms with van der Waals surface area (Å²) in [6, 6.07) is 0.748. The van der Waals surface area contributed by atoms with Crippen LogP contribution in [0.15, 0.2) is 4.99 Å². The van der Waals surface area contributed by atoms with E-state index >= 15 is 0 Å². The fraction of sp³-hybridized carbons (Fsp3) is 0.933. The van der Waals surface area contributed by atoms with Crippen molar-refractivity contribution in [3.63, 3.8) is 0 Å². The normalized spacial score (nSPS) is 13.0. The average Bonchev–Trinajstić information content (AvgIpc) is 2.12. The van der Waals surface area contributed by atoms with Crippen LogP contribution in [0.3, 0.4) is 0 Å². The second kappa shape index (κ2) is 8.39. The van der Waals surface area contributed by atoms with Crippen molar-refractivity contribution in [2.24, 2.45) is 16.8 Å². The van der Waals surface area contributed by atoms with Crippen molar-refractivity contribution in [2.75, 3.05) is 13.1 Å². The van der Waals surface area contributed by atoms with Crippen LogP contribution in [-0.2, 0) is 0 Å². The number of hydrogen-bond acceptors (Lipinski definition) is 1. The van der Waals surface area contributed by atoms with Gasteiger partial charge in [0.15, 0.2) is 5.96 Å². The average molecular weight is 255 g/mol. The summed E-state index contributed by atoms with van der Waals surface area (Å²) in [4.78, 5) is 7.15. The molecule has 0 heterocycles. The molecule has 0 aromatic heterocycles. The van der Waals surface area contributed by atoms with Gasteiger partial charge in [-0.3, -0.25) is 4.99 Å². The Morgan fingerprint density at radius 2 is 1.33 bits per heavy atom. The van der Waals surface area contributed by atoms with Gasteiger partial charge in [-0.15, -0.1) is 0 Å². The van der Waals surface area contributed by atoms with Crippen LogP contribution in [0.1, 0.15) is 55.4 Å². The summed E-state index contributed by atoms with van der Waals surface area (Å²) in [6.45, 7) is 19.7. The zero-order valence-electron chi connectivity index (χ0n) is 13.6. The quantitative estimate of drug-likeness (QED) is 0.582. The van der Waals surface area contributed by atoms with E-state index in [1.54, 1.807) is 0 Å². The molecule has 0 unspecified atom stereocenters. The molecule has 0 rings (SSSR count). The fourth-order valence-electron chi connectivity index (χ4n) is 1.84. The lowest BCUT2D eigenvalue weighted by molar-refractivity contribution is 0.314. The number of guanidine groups is 1. The maximum absolute atomic E-state index is 4.76. The minimum atomic E-state index is 0.327. The summed E-state index contributed by atoms with van der Waals surface area (Å²) in [7, 11) is 0. The van der Waals surface area contributed by atoms with Crippen LogP contribution in [0.2, 0.25) is 0 Å². The van der Waals surface area contributed by atoms with Gasteiger partial charge < -0.3 is 10.2 Å². The molecular weight excluding hydrogens is 222 g/mol. The standard InChI is InChI=1S/C15H33N3/c1-11(2)9-18(10-12(3)4)15(16-13(5)6)17-14(7)8/h11-14H,9-10H2,1-8H3,(H,16,17). The summed E-state index contributed by atoms with van der Waals surface area (Å²) in [5.41, 5.74) is 0. The van der Waals surface area contributed by atoms with E-state index in [-0.39, 0.29) is 0 Å². The molecule has 0 fully saturated rings. The van der Waals surface area contributed by atoms with E-state index in [2.05, 4.69) is 65.6 Å². The molecule has 0 spiro atoms. The van der Waals surface area contributed by atoms with Crippen LogP contribution in [0.5, 0.6) is 0 Å². The lowest BCUT2D eigenvalue weighted by Gasteiger charge is -2.31. The lowest BCUT2D eigenvalue weighted by atomic mass is 10.1. The molecule has 0 saturated heterocycles. The Labute approximate surface area is 114 Å². The van der Waals surface area contributed by atoms with E-state index < -0.39 is 0 Å². The molecule has 0 aromatic rings. The maximum Gasteiger partial charge on any atom is 0.194 e. The van der Waals surface area contributed by atoms with Crippen LogP contribution >= 0.6 is 0 Å². The summed E-state index contributed by atoms with van der Waals surface area (Å²) in [5, 5.41) is 3.50. The van der Waals surface area contributed by atoms with E-state index in [4.69, 9.17) is 4.99 Å². The Kier molecular flexibility index (Phi) is 8.05. The van der Waals surface area contributed by atoms with E-state index in [1.807, 2.05) is 0 Å². The SMILES string of the molecule is CC(C)CN(CC(C)C)C(=NC(C)C)NC(C)C. The van der Waals surface area contributed by atoms with E-state index in [9.17, 15) is 0 Å². The summed E-state index contributed by atoms with van der Waals surface area (Å²) in [6.07, 6.45) is 0. The lowest BCUT2D eigenvalue weighted by Crippen LogP contribution is -2.47. The number of aliphatic imine (C=N–C) groups is 1. The Balaban J connectivity index is 4.93. The summed E-state index contributed by atoms with van der Waals surface area (Å²) < 4.78 is 0. The van der Waals surface area contributed by atoms with Gasteiger partial charge in [0.1, 0.15) is 0 Å². The van der Waals surface area contributed by atoms with Crippen molar-refractivity contribution < 1.29 is 0 Å². The monoisotopic (exact) mass is 255 g/mol. The molecule has 0 aromatic carbocycles. The predicted molar refractivity (Wildman–Crippen MR) is 82.1 cm³/mol. The molecule has 1 N–H and O–H groups in total. The van der Waals surface area contributed by atoms with Crippen molar-refractivity contribution in [2.45, 2.75) is 67.5 Å². The van der Waals surface area contributed by atoms with Crippen LogP contribution in [-0.4, -0.2) is 36.0 Å². The van der Waals surface area contributed by atoms with Crippen LogP contribution in [0.4, 0.5) is 0 Å². The molecule has 0 bridgehead atoms. The first-order valence-electron chi connectivity index (χ1n) is 7.31. The third kappa shape index (κ3) is 8.37. The molecular formula is C15H33N3. The van der Waals surface area contributed by atoms with Crippen LogP contribution < -0.4 is 5.32 Å². The smallest absolute Gasteiger partial charge is 0.194 e. The predicted octanol–water partition coefficient (Wildman–Crippen LogP) is 3.36. The van der Waals surface area contributed by atoms with Crippen molar-refractivity contribution in [1.82, 2.24) is 10.2 Å². The second-order valence-electron chi connectivity index (χ2n) is 6.54. The largest absolute Gasteiger partial charge is 0.354 e. The third-order valence-corrected chi connectivity index (χ3v) is 2.27. The first-order chi connectivity index (χ1) is 8.22. The van der Waals surface area contributed by atoms with Gasteiger partial charge in [-0.05, 0) is 39.5 Å². The fourth-order valence-corrected chi connectivity index (χ4v) is 1.84. The summed E-state index contributed by atoms with van der Waals surface area (Å²) >= 11 is 0. The number of nitrogens with zero attached hydrogens (tertiary/aromatic N) is 2. The van der Waals surface area contributed by atoms with E-state index in [0.717, 1.165) is 19.0 Å². The zero-order valence-corrected chi connectivity index (χ0v) is 13.6. The van der Waals surface area contributed by atoms with E-state index in [0.29, 0.717) is 23.9 Å². The topological polar surface area (TPSA) is 27.6 Å². The van der Waals surface area contributed by atoms with E-state index in [1.165, 1.54) is 0 Å². The maximum atomic E-state index is 4.76. The van der Waals surface area contributed by atoms with Gasteiger partial charge in [0.05, 0.1) is 0 Å². The second-order valence-corrected chi connectivity index (χ2v) is 6.54. The molecule has 0 atom stereocenters. The Hall–Kier alpha value is -0.730. The van der Waals surface area contributed by atoms with Gasteiger partial charge in [-0.1, -0.05) is 27.7 Å². The van der Waals surface area contributed by atoms with Gasteiger partial charge in [0.2, 0.25) is 0 Å². The van der Waals surface area contributed by atoms with Gasteiger partial charge >= 0.3 is 0 Å². The Bertz CT molecular complexity index is 232. The van der Waals surface area contributed by atoms with Gasteiger partial charge in [0.25, 0.3) is 0 Å². The van der Waals surface area contributed by atoms with Crippen molar-refractivity contribution in [1.29, 1.82) is 0 Å². The highest BCUT2D eigenvalue weighted by Crippen LogP contribution is 2.06. The Morgan fingerprint density at radius 3 is 1.61 bits per heavy atom. The highest BCUT2D eigenvalue weighted by molar-refractivity contribution is 5.80. The van der Waals surface area contributed by atoms with Crippen LogP contribution in [0.25, 0.3) is 0 Å². The van der Waals surface area contributed by atoms with Crippen molar-refractivity contribution >= 4 is 5.96 Å². The highest BCUT2D eigenvalue weighted by Gasteiger charge is 2.15. The molecule has 0 radical (unpaired) electrons. The third-order valence-electron chi connectivity index (χ3n) is 2.27. The van der Waals surface area contributed by atoms with Crippen molar-refractivity contribution in [3.8, 4) is 0 Å². The highest BCUT2D eigenvalue weighted by atomic mass is 15.3. The number of nitrogens with one attached hydrogen (secondary N) is 1. The molecule has 0 aliphatic heterocycles.